The van der Waals surface area contributed by atoms with Crippen LogP contribution in [0.2, 0.25) is 0 Å². The lowest BCUT2D eigenvalue weighted by atomic mass is 10.0. The highest BCUT2D eigenvalue weighted by atomic mass is 16.5. The number of amides is 1. The van der Waals surface area contributed by atoms with Crippen molar-refractivity contribution in [2.24, 2.45) is 0 Å². The van der Waals surface area contributed by atoms with E-state index in [0.29, 0.717) is 6.61 Å². The van der Waals surface area contributed by atoms with E-state index in [1.807, 2.05) is 4.90 Å². The molecule has 1 fully saturated rings. The highest BCUT2D eigenvalue weighted by Crippen LogP contribution is 2.31. The summed E-state index contributed by atoms with van der Waals surface area (Å²) in [4.78, 5) is 24.6. The molecule has 1 amide bonds. The monoisotopic (exact) mass is 209 g/mol. The number of carbonyl (C=O) groups excluding carboxylic acids is 2. The van der Waals surface area contributed by atoms with Crippen molar-refractivity contribution in [3.8, 4) is 0 Å². The van der Waals surface area contributed by atoms with E-state index in [4.69, 9.17) is 4.74 Å². The van der Waals surface area contributed by atoms with Crippen LogP contribution in [-0.4, -0.2) is 36.0 Å². The molecule has 0 unspecified atom stereocenters. The number of rotatable bonds is 3. The van der Waals surface area contributed by atoms with Gasteiger partial charge in [0.1, 0.15) is 0 Å². The summed E-state index contributed by atoms with van der Waals surface area (Å²) in [5.74, 6) is -0.179. The third-order valence-electron chi connectivity index (χ3n) is 2.93. The maximum absolute atomic E-state index is 11.5. The van der Waals surface area contributed by atoms with E-state index in [2.05, 4.69) is 0 Å². The van der Waals surface area contributed by atoms with E-state index < -0.39 is 0 Å². The Hall–Kier alpha value is -1.32. The Morgan fingerprint density at radius 2 is 2.47 bits per heavy atom. The van der Waals surface area contributed by atoms with Crippen LogP contribution in [0.5, 0.6) is 0 Å². The van der Waals surface area contributed by atoms with E-state index in [1.54, 1.807) is 13.0 Å². The van der Waals surface area contributed by atoms with Crippen molar-refractivity contribution in [2.45, 2.75) is 32.2 Å². The maximum Gasteiger partial charge on any atom is 0.309 e. The van der Waals surface area contributed by atoms with Gasteiger partial charge in [-0.3, -0.25) is 9.59 Å². The molecule has 2 heterocycles. The molecule has 0 spiro atoms. The van der Waals surface area contributed by atoms with Gasteiger partial charge in [-0.15, -0.1) is 0 Å². The van der Waals surface area contributed by atoms with Crippen molar-refractivity contribution in [1.29, 1.82) is 0 Å². The van der Waals surface area contributed by atoms with E-state index in [-0.39, 0.29) is 24.3 Å². The van der Waals surface area contributed by atoms with Gasteiger partial charge >= 0.3 is 5.97 Å². The first-order valence-corrected chi connectivity index (χ1v) is 5.39. The molecule has 15 heavy (non-hydrogen) atoms. The molecule has 4 nitrogen and oxygen atoms in total. The lowest BCUT2D eigenvalue weighted by Gasteiger charge is -2.17. The number of fused-ring (bicyclic) bond motifs is 1. The Kier molecular flexibility index (Phi) is 2.75. The molecule has 0 aliphatic carbocycles. The molecule has 2 aliphatic rings. The highest BCUT2D eigenvalue weighted by molar-refractivity contribution is 5.93. The van der Waals surface area contributed by atoms with Crippen LogP contribution in [0.3, 0.4) is 0 Å². The van der Waals surface area contributed by atoms with Gasteiger partial charge in [0, 0.05) is 12.6 Å². The predicted octanol–water partition coefficient (Wildman–Crippen LogP) is 0.871. The van der Waals surface area contributed by atoms with Gasteiger partial charge in [-0.05, 0) is 25.3 Å². The third-order valence-corrected chi connectivity index (χ3v) is 2.93. The topological polar surface area (TPSA) is 46.6 Å². The predicted molar refractivity (Wildman–Crippen MR) is 54.1 cm³/mol. The molecule has 0 aromatic rings. The molecule has 2 rings (SSSR count). The standard InChI is InChI=1S/C11H15NO3/c1-2-15-11(14)7-8-6-10(13)12-5-3-4-9(8)12/h6,9H,2-5,7H2,1H3/t9-/m0/s1. The van der Waals surface area contributed by atoms with Gasteiger partial charge in [-0.1, -0.05) is 0 Å². The Bertz CT molecular complexity index is 322. The summed E-state index contributed by atoms with van der Waals surface area (Å²) in [6, 6.07) is 0.168. The second-order valence-electron chi connectivity index (χ2n) is 3.89. The molecular formula is C11H15NO3. The number of hydrogen-bond acceptors (Lipinski definition) is 3. The van der Waals surface area contributed by atoms with Crippen LogP contribution >= 0.6 is 0 Å². The number of ether oxygens (including phenoxy) is 1. The van der Waals surface area contributed by atoms with Crippen molar-refractivity contribution in [3.63, 3.8) is 0 Å². The highest BCUT2D eigenvalue weighted by Gasteiger charge is 2.36. The Labute approximate surface area is 88.9 Å². The van der Waals surface area contributed by atoms with Crippen molar-refractivity contribution in [1.82, 2.24) is 4.90 Å². The second-order valence-corrected chi connectivity index (χ2v) is 3.89. The zero-order valence-electron chi connectivity index (χ0n) is 8.86. The molecule has 0 aromatic carbocycles. The Morgan fingerprint density at radius 3 is 3.20 bits per heavy atom. The van der Waals surface area contributed by atoms with E-state index in [0.717, 1.165) is 25.0 Å². The molecule has 82 valence electrons. The summed E-state index contributed by atoms with van der Waals surface area (Å²) in [5, 5.41) is 0. The van der Waals surface area contributed by atoms with Crippen molar-refractivity contribution < 1.29 is 14.3 Å². The minimum absolute atomic E-state index is 0.0526. The molecule has 0 saturated carbocycles. The summed E-state index contributed by atoms with van der Waals surface area (Å²) in [5.41, 5.74) is 0.927. The first kappa shape index (κ1) is 10.2. The fraction of sp³-hybridized carbons (Fsp3) is 0.636. The molecular weight excluding hydrogens is 194 g/mol. The van der Waals surface area contributed by atoms with Crippen molar-refractivity contribution >= 4 is 11.9 Å². The van der Waals surface area contributed by atoms with Gasteiger partial charge in [-0.2, -0.15) is 0 Å². The molecule has 0 bridgehead atoms. The number of hydrogen-bond donors (Lipinski definition) is 0. The van der Waals surface area contributed by atoms with Crippen LogP contribution < -0.4 is 0 Å². The molecule has 2 aliphatic heterocycles. The fourth-order valence-corrected chi connectivity index (χ4v) is 2.30. The van der Waals surface area contributed by atoms with Gasteiger partial charge in [0.2, 0.25) is 5.91 Å². The molecule has 0 aromatic heterocycles. The maximum atomic E-state index is 11.5. The van der Waals surface area contributed by atoms with E-state index >= 15 is 0 Å². The zero-order chi connectivity index (χ0) is 10.8. The van der Waals surface area contributed by atoms with Crippen LogP contribution in [-0.2, 0) is 14.3 Å². The quantitative estimate of drug-likeness (QED) is 0.648. The number of esters is 1. The average Bonchev–Trinajstić information content (AvgIpc) is 2.73. The van der Waals surface area contributed by atoms with Crippen LogP contribution in [0.25, 0.3) is 0 Å². The van der Waals surface area contributed by atoms with Crippen LogP contribution in [0.4, 0.5) is 0 Å². The van der Waals surface area contributed by atoms with Gasteiger partial charge in [0.05, 0.1) is 19.1 Å². The summed E-state index contributed by atoms with van der Waals surface area (Å²) in [6.07, 6.45) is 3.88. The van der Waals surface area contributed by atoms with Gasteiger partial charge in [0.25, 0.3) is 0 Å². The van der Waals surface area contributed by atoms with Crippen LogP contribution in [0, 0.1) is 0 Å². The van der Waals surface area contributed by atoms with Crippen molar-refractivity contribution in [2.75, 3.05) is 13.2 Å². The average molecular weight is 209 g/mol. The summed E-state index contributed by atoms with van der Waals surface area (Å²) in [6.45, 7) is 3.01. The lowest BCUT2D eigenvalue weighted by Crippen LogP contribution is -2.29. The second kappa shape index (κ2) is 4.04. The Balaban J connectivity index is 2.00. The molecule has 1 atom stereocenters. The largest absolute Gasteiger partial charge is 0.466 e. The number of carbonyl (C=O) groups is 2. The first-order chi connectivity index (χ1) is 7.22. The van der Waals surface area contributed by atoms with Gasteiger partial charge < -0.3 is 9.64 Å². The van der Waals surface area contributed by atoms with Gasteiger partial charge in [-0.25, -0.2) is 0 Å². The smallest absolute Gasteiger partial charge is 0.309 e. The van der Waals surface area contributed by atoms with Crippen LogP contribution in [0.15, 0.2) is 11.6 Å². The summed E-state index contributed by atoms with van der Waals surface area (Å²) < 4.78 is 4.88. The Morgan fingerprint density at radius 1 is 1.67 bits per heavy atom. The lowest BCUT2D eigenvalue weighted by molar-refractivity contribution is -0.142. The normalized spacial score (nSPS) is 24.1. The first-order valence-electron chi connectivity index (χ1n) is 5.39. The van der Waals surface area contributed by atoms with E-state index in [9.17, 15) is 9.59 Å². The van der Waals surface area contributed by atoms with Crippen molar-refractivity contribution in [3.05, 3.63) is 11.6 Å². The third kappa shape index (κ3) is 1.89. The van der Waals surface area contributed by atoms with Gasteiger partial charge in [0.15, 0.2) is 0 Å². The van der Waals surface area contributed by atoms with Crippen LogP contribution in [0.1, 0.15) is 26.2 Å². The summed E-state index contributed by atoms with van der Waals surface area (Å²) in [7, 11) is 0. The molecule has 0 N–H and O–H groups in total. The minimum Gasteiger partial charge on any atom is -0.466 e. The number of nitrogens with zero attached hydrogens (tertiary/aromatic N) is 1. The molecule has 4 heteroatoms. The minimum atomic E-state index is -0.231. The fourth-order valence-electron chi connectivity index (χ4n) is 2.30. The SMILES string of the molecule is CCOC(=O)CC1=CC(=O)N2CCC[C@@H]12. The summed E-state index contributed by atoms with van der Waals surface area (Å²) >= 11 is 0. The molecule has 1 saturated heterocycles. The zero-order valence-corrected chi connectivity index (χ0v) is 8.86. The van der Waals surface area contributed by atoms with E-state index in [1.165, 1.54) is 0 Å². The molecule has 0 radical (unpaired) electrons.